The summed E-state index contributed by atoms with van der Waals surface area (Å²) in [5.74, 6) is 0.952. The highest BCUT2D eigenvalue weighted by atomic mass is 35.5. The second-order valence-corrected chi connectivity index (χ2v) is 5.38. The Morgan fingerprint density at radius 2 is 1.84 bits per heavy atom. The van der Waals surface area contributed by atoms with Crippen LogP contribution in [-0.4, -0.2) is 42.0 Å². The molecule has 8 heteroatoms. The lowest BCUT2D eigenvalue weighted by atomic mass is 10.1. The number of nitrogens with one attached hydrogen (secondary N) is 1. The first-order chi connectivity index (χ1) is 12.1. The second kappa shape index (κ2) is 9.08. The molecule has 0 unspecified atom stereocenters. The van der Waals surface area contributed by atoms with Gasteiger partial charge in [-0.25, -0.2) is 0 Å². The summed E-state index contributed by atoms with van der Waals surface area (Å²) in [7, 11) is 2.95. The highest BCUT2D eigenvalue weighted by Gasteiger charge is 2.17. The molecule has 1 aromatic heterocycles. The second-order valence-electron chi connectivity index (χ2n) is 5.07. The Balaban J connectivity index is 2.28. The van der Waals surface area contributed by atoms with Crippen molar-refractivity contribution >= 4 is 17.5 Å². The number of methoxy groups -OCH3 is 2. The molecule has 7 nitrogen and oxygen atoms in total. The lowest BCUT2D eigenvalue weighted by Gasteiger charge is -2.15. The minimum atomic E-state index is -0.280. The summed E-state index contributed by atoms with van der Waals surface area (Å²) in [6.45, 7) is 1.95. The van der Waals surface area contributed by atoms with E-state index in [4.69, 9.17) is 25.8 Å². The van der Waals surface area contributed by atoms with Gasteiger partial charge in [0.25, 0.3) is 5.91 Å². The average Bonchev–Trinajstić information content (AvgIpc) is 2.65. The molecule has 134 valence electrons. The first-order valence-corrected chi connectivity index (χ1v) is 8.25. The zero-order valence-electron chi connectivity index (χ0n) is 14.3. The molecule has 1 heterocycles. The number of benzene rings is 1. The number of carbonyl (C=O) groups is 1. The molecular weight excluding hydrogens is 346 g/mol. The number of ether oxygens (including phenoxy) is 3. The van der Waals surface area contributed by atoms with E-state index in [0.717, 1.165) is 6.42 Å². The maximum absolute atomic E-state index is 12.5. The van der Waals surface area contributed by atoms with Crippen molar-refractivity contribution in [1.29, 1.82) is 0 Å². The largest absolute Gasteiger partial charge is 0.481 e. The van der Waals surface area contributed by atoms with Gasteiger partial charge in [-0.2, -0.15) is 9.97 Å². The van der Waals surface area contributed by atoms with Crippen LogP contribution in [-0.2, 0) is 0 Å². The molecule has 1 atom stereocenters. The van der Waals surface area contributed by atoms with Crippen molar-refractivity contribution in [2.24, 2.45) is 0 Å². The van der Waals surface area contributed by atoms with Crippen LogP contribution in [0.5, 0.6) is 23.5 Å². The molecule has 1 N–H and O–H groups in total. The van der Waals surface area contributed by atoms with E-state index in [2.05, 4.69) is 15.3 Å². The summed E-state index contributed by atoms with van der Waals surface area (Å²) in [4.78, 5) is 20.7. The van der Waals surface area contributed by atoms with E-state index < -0.39 is 0 Å². The van der Waals surface area contributed by atoms with Gasteiger partial charge in [-0.15, -0.1) is 11.6 Å². The first kappa shape index (κ1) is 18.8. The van der Waals surface area contributed by atoms with Gasteiger partial charge < -0.3 is 19.5 Å². The molecule has 25 heavy (non-hydrogen) atoms. The van der Waals surface area contributed by atoms with Gasteiger partial charge in [-0.3, -0.25) is 4.79 Å². The number of amides is 1. The van der Waals surface area contributed by atoms with Crippen LogP contribution in [0.15, 0.2) is 30.3 Å². The Hall–Kier alpha value is -2.54. The summed E-state index contributed by atoms with van der Waals surface area (Å²) in [5.41, 5.74) is 0.358. The number of nitrogens with zero attached hydrogens (tertiary/aromatic N) is 2. The maximum Gasteiger partial charge on any atom is 0.328 e. The van der Waals surface area contributed by atoms with Crippen molar-refractivity contribution in [2.45, 2.75) is 19.4 Å². The highest BCUT2D eigenvalue weighted by molar-refractivity contribution is 6.18. The molecular formula is C17H20ClN3O4. The fourth-order valence-corrected chi connectivity index (χ4v) is 2.29. The van der Waals surface area contributed by atoms with Crippen LogP contribution < -0.4 is 19.5 Å². The van der Waals surface area contributed by atoms with Gasteiger partial charge in [-0.1, -0.05) is 19.1 Å². The topological polar surface area (TPSA) is 82.6 Å². The molecule has 0 saturated heterocycles. The van der Waals surface area contributed by atoms with Crippen LogP contribution in [0.4, 0.5) is 0 Å². The van der Waals surface area contributed by atoms with Crippen molar-refractivity contribution in [3.63, 3.8) is 0 Å². The van der Waals surface area contributed by atoms with E-state index in [-0.39, 0.29) is 29.7 Å². The Bertz CT molecular complexity index is 701. The normalized spacial score (nSPS) is 11.5. The van der Waals surface area contributed by atoms with Gasteiger partial charge in [-0.05, 0) is 18.6 Å². The Morgan fingerprint density at radius 3 is 2.40 bits per heavy atom. The third-order valence-corrected chi connectivity index (χ3v) is 3.80. The van der Waals surface area contributed by atoms with E-state index in [9.17, 15) is 4.79 Å². The number of hydrogen-bond acceptors (Lipinski definition) is 6. The van der Waals surface area contributed by atoms with Crippen LogP contribution in [0.2, 0.25) is 0 Å². The summed E-state index contributed by atoms with van der Waals surface area (Å²) in [6, 6.07) is 8.24. The molecule has 0 aliphatic heterocycles. The van der Waals surface area contributed by atoms with Crippen LogP contribution in [0.25, 0.3) is 0 Å². The van der Waals surface area contributed by atoms with Crippen LogP contribution in [0.1, 0.15) is 23.7 Å². The Kier molecular flexibility index (Phi) is 6.82. The third kappa shape index (κ3) is 4.96. The summed E-state index contributed by atoms with van der Waals surface area (Å²) >= 11 is 5.84. The third-order valence-electron chi connectivity index (χ3n) is 3.42. The predicted molar refractivity (Wildman–Crippen MR) is 93.9 cm³/mol. The zero-order valence-corrected chi connectivity index (χ0v) is 15.0. The van der Waals surface area contributed by atoms with Gasteiger partial charge in [0.15, 0.2) is 0 Å². The number of para-hydroxylation sites is 1. The van der Waals surface area contributed by atoms with Gasteiger partial charge in [0.05, 0.1) is 25.8 Å². The van der Waals surface area contributed by atoms with Crippen LogP contribution in [0.3, 0.4) is 0 Å². The number of alkyl halides is 1. The molecule has 0 fully saturated rings. The number of rotatable bonds is 8. The van der Waals surface area contributed by atoms with Crippen LogP contribution in [0, 0.1) is 0 Å². The molecule has 0 aliphatic rings. The van der Waals surface area contributed by atoms with E-state index in [1.165, 1.54) is 20.3 Å². The zero-order chi connectivity index (χ0) is 18.2. The molecule has 0 spiro atoms. The van der Waals surface area contributed by atoms with Crippen LogP contribution >= 0.6 is 11.6 Å². The Labute approximate surface area is 151 Å². The maximum atomic E-state index is 12.5. The van der Waals surface area contributed by atoms with Crippen molar-refractivity contribution in [1.82, 2.24) is 15.3 Å². The molecule has 0 radical (unpaired) electrons. The van der Waals surface area contributed by atoms with Crippen molar-refractivity contribution in [3.05, 3.63) is 35.9 Å². The quantitative estimate of drug-likeness (QED) is 0.724. The van der Waals surface area contributed by atoms with Gasteiger partial charge >= 0.3 is 6.01 Å². The summed E-state index contributed by atoms with van der Waals surface area (Å²) < 4.78 is 15.9. The number of carbonyl (C=O) groups excluding carboxylic acids is 1. The Morgan fingerprint density at radius 1 is 1.20 bits per heavy atom. The predicted octanol–water partition coefficient (Wildman–Crippen LogP) is 3.03. The van der Waals surface area contributed by atoms with Crippen molar-refractivity contribution < 1.29 is 19.0 Å². The summed E-state index contributed by atoms with van der Waals surface area (Å²) in [6.07, 6.45) is 0.731. The summed E-state index contributed by atoms with van der Waals surface area (Å²) in [5, 5.41) is 2.86. The SMILES string of the molecule is CC[C@@H](CCl)NC(=O)c1ccccc1Oc1nc(OC)cc(OC)n1. The molecule has 2 rings (SSSR count). The molecule has 2 aromatic rings. The van der Waals surface area contributed by atoms with E-state index in [0.29, 0.717) is 17.2 Å². The first-order valence-electron chi connectivity index (χ1n) is 7.72. The lowest BCUT2D eigenvalue weighted by Crippen LogP contribution is -2.35. The molecule has 0 aliphatic carbocycles. The number of halogens is 1. The molecule has 1 aromatic carbocycles. The van der Waals surface area contributed by atoms with Crippen molar-refractivity contribution in [3.8, 4) is 23.5 Å². The van der Waals surface area contributed by atoms with E-state index in [1.807, 2.05) is 6.92 Å². The smallest absolute Gasteiger partial charge is 0.328 e. The van der Waals surface area contributed by atoms with E-state index >= 15 is 0 Å². The number of aromatic nitrogens is 2. The highest BCUT2D eigenvalue weighted by Crippen LogP contribution is 2.26. The minimum Gasteiger partial charge on any atom is -0.481 e. The van der Waals surface area contributed by atoms with E-state index in [1.54, 1.807) is 24.3 Å². The number of hydrogen-bond donors (Lipinski definition) is 1. The van der Waals surface area contributed by atoms with Gasteiger partial charge in [0, 0.05) is 11.9 Å². The average molecular weight is 366 g/mol. The monoisotopic (exact) mass is 365 g/mol. The van der Waals surface area contributed by atoms with Gasteiger partial charge in [0.2, 0.25) is 11.8 Å². The minimum absolute atomic E-state index is 0.0147. The fraction of sp³-hybridized carbons (Fsp3) is 0.353. The molecule has 0 saturated carbocycles. The molecule has 1 amide bonds. The van der Waals surface area contributed by atoms with Crippen molar-refractivity contribution in [2.75, 3.05) is 20.1 Å². The standard InChI is InChI=1S/C17H20ClN3O4/c1-4-11(10-18)19-16(22)12-7-5-6-8-13(12)25-17-20-14(23-2)9-15(21-17)24-3/h5-9,11H,4,10H2,1-3H3,(H,19,22)/t11-/m0/s1. The fourth-order valence-electron chi connectivity index (χ4n) is 1.99. The lowest BCUT2D eigenvalue weighted by molar-refractivity contribution is 0.0937. The molecule has 0 bridgehead atoms. The van der Waals surface area contributed by atoms with Gasteiger partial charge in [0.1, 0.15) is 5.75 Å².